The molecule has 2 aromatic rings. The van der Waals surface area contributed by atoms with Gasteiger partial charge in [0, 0.05) is 17.4 Å². The molecule has 1 aromatic heterocycles. The summed E-state index contributed by atoms with van der Waals surface area (Å²) in [5.41, 5.74) is 1.29. The van der Waals surface area contributed by atoms with Crippen LogP contribution in [0.2, 0.25) is 0 Å². The minimum Gasteiger partial charge on any atom is -0.396 e. The van der Waals surface area contributed by atoms with Gasteiger partial charge < -0.3 is 5.11 Å². The van der Waals surface area contributed by atoms with Crippen LogP contribution in [-0.2, 0) is 0 Å². The van der Waals surface area contributed by atoms with E-state index in [2.05, 4.69) is 29.6 Å². The van der Waals surface area contributed by atoms with Crippen LogP contribution in [0.25, 0.3) is 0 Å². The quantitative estimate of drug-likeness (QED) is 0.835. The van der Waals surface area contributed by atoms with E-state index in [9.17, 15) is 0 Å². The molecule has 0 fully saturated rings. The fraction of sp³-hybridized carbons (Fsp3) is 0.231. The monoisotopic (exact) mass is 218 g/mol. The zero-order valence-corrected chi connectivity index (χ0v) is 9.28. The fourth-order valence-electron chi connectivity index (χ4n) is 1.78. The second kappa shape index (κ2) is 5.10. The van der Waals surface area contributed by atoms with E-state index in [0.29, 0.717) is 5.92 Å². The van der Waals surface area contributed by atoms with Gasteiger partial charge in [-0.1, -0.05) is 36.4 Å². The van der Waals surface area contributed by atoms with E-state index in [1.807, 2.05) is 18.2 Å². The van der Waals surface area contributed by atoms with Crippen molar-refractivity contribution in [1.29, 1.82) is 0 Å². The Morgan fingerprint density at radius 1 is 1.07 bits per heavy atom. The van der Waals surface area contributed by atoms with Gasteiger partial charge in [-0.05, 0) is 23.4 Å². The van der Waals surface area contributed by atoms with Gasteiger partial charge >= 0.3 is 0 Å². The van der Waals surface area contributed by atoms with Crippen molar-refractivity contribution in [2.75, 3.05) is 6.61 Å². The van der Waals surface area contributed by atoms with Crippen molar-refractivity contribution < 1.29 is 5.11 Å². The summed E-state index contributed by atoms with van der Waals surface area (Å²) >= 11 is 1.75. The van der Waals surface area contributed by atoms with E-state index in [1.165, 1.54) is 10.4 Å². The Labute approximate surface area is 94.0 Å². The third-order valence-electron chi connectivity index (χ3n) is 2.51. The van der Waals surface area contributed by atoms with Crippen LogP contribution < -0.4 is 0 Å². The Morgan fingerprint density at radius 2 is 1.87 bits per heavy atom. The summed E-state index contributed by atoms with van der Waals surface area (Å²) in [4.78, 5) is 1.33. The maximum absolute atomic E-state index is 9.10. The van der Waals surface area contributed by atoms with Crippen molar-refractivity contribution >= 4 is 11.3 Å². The molecule has 2 rings (SSSR count). The molecule has 0 saturated carbocycles. The molecule has 1 N–H and O–H groups in total. The highest BCUT2D eigenvalue weighted by Gasteiger charge is 2.13. The van der Waals surface area contributed by atoms with Gasteiger partial charge in [-0.25, -0.2) is 0 Å². The molecule has 1 nitrogen and oxygen atoms in total. The summed E-state index contributed by atoms with van der Waals surface area (Å²) in [6.07, 6.45) is 0.796. The molecule has 0 bridgehead atoms. The number of hydrogen-bond acceptors (Lipinski definition) is 2. The first-order valence-electron chi connectivity index (χ1n) is 5.11. The van der Waals surface area contributed by atoms with Crippen LogP contribution in [0, 0.1) is 0 Å². The van der Waals surface area contributed by atoms with E-state index >= 15 is 0 Å². The first-order chi connectivity index (χ1) is 7.42. The standard InChI is InChI=1S/C13H14OS/c14-9-8-12(13-7-4-10-15-13)11-5-2-1-3-6-11/h1-7,10,12,14H,8-9H2. The zero-order valence-electron chi connectivity index (χ0n) is 8.47. The van der Waals surface area contributed by atoms with E-state index in [0.717, 1.165) is 6.42 Å². The highest BCUT2D eigenvalue weighted by atomic mass is 32.1. The van der Waals surface area contributed by atoms with E-state index < -0.39 is 0 Å². The minimum absolute atomic E-state index is 0.234. The van der Waals surface area contributed by atoms with Crippen molar-refractivity contribution in [3.05, 3.63) is 58.3 Å². The maximum Gasteiger partial charge on any atom is 0.0440 e. The average Bonchev–Trinajstić information content (AvgIpc) is 2.80. The van der Waals surface area contributed by atoms with Gasteiger partial charge in [0.15, 0.2) is 0 Å². The molecule has 0 radical (unpaired) electrons. The Balaban J connectivity index is 2.28. The Kier molecular flexibility index (Phi) is 3.54. The first kappa shape index (κ1) is 10.4. The molecule has 1 unspecified atom stereocenters. The summed E-state index contributed by atoms with van der Waals surface area (Å²) < 4.78 is 0. The molecule has 15 heavy (non-hydrogen) atoms. The predicted molar refractivity (Wildman–Crippen MR) is 64.3 cm³/mol. The largest absolute Gasteiger partial charge is 0.396 e. The van der Waals surface area contributed by atoms with Crippen molar-refractivity contribution in [2.45, 2.75) is 12.3 Å². The number of aliphatic hydroxyl groups excluding tert-OH is 1. The molecule has 1 aromatic carbocycles. The molecule has 0 aliphatic heterocycles. The molecule has 0 amide bonds. The fourth-order valence-corrected chi connectivity index (χ4v) is 2.67. The minimum atomic E-state index is 0.234. The average molecular weight is 218 g/mol. The third-order valence-corrected chi connectivity index (χ3v) is 3.49. The molecule has 1 atom stereocenters. The number of aliphatic hydroxyl groups is 1. The lowest BCUT2D eigenvalue weighted by atomic mass is 9.95. The van der Waals surface area contributed by atoms with Gasteiger partial charge in [0.05, 0.1) is 0 Å². The maximum atomic E-state index is 9.10. The SMILES string of the molecule is OCCC(c1ccccc1)c1cccs1. The van der Waals surface area contributed by atoms with E-state index in [4.69, 9.17) is 5.11 Å². The van der Waals surface area contributed by atoms with Gasteiger partial charge in [0.25, 0.3) is 0 Å². The number of rotatable bonds is 4. The van der Waals surface area contributed by atoms with Crippen LogP contribution in [-0.4, -0.2) is 11.7 Å². The van der Waals surface area contributed by atoms with Crippen LogP contribution in [0.3, 0.4) is 0 Å². The predicted octanol–water partition coefficient (Wildman–Crippen LogP) is 3.26. The molecule has 0 spiro atoms. The molecular weight excluding hydrogens is 204 g/mol. The van der Waals surface area contributed by atoms with Crippen LogP contribution >= 0.6 is 11.3 Å². The van der Waals surface area contributed by atoms with Gasteiger partial charge in [-0.15, -0.1) is 11.3 Å². The molecule has 0 saturated heterocycles. The molecule has 1 heterocycles. The Morgan fingerprint density at radius 3 is 2.47 bits per heavy atom. The number of benzene rings is 1. The second-order valence-electron chi connectivity index (χ2n) is 3.49. The van der Waals surface area contributed by atoms with Gasteiger partial charge in [0.2, 0.25) is 0 Å². The van der Waals surface area contributed by atoms with Gasteiger partial charge in [0.1, 0.15) is 0 Å². The van der Waals surface area contributed by atoms with Crippen molar-refractivity contribution in [2.24, 2.45) is 0 Å². The topological polar surface area (TPSA) is 20.2 Å². The van der Waals surface area contributed by atoms with Gasteiger partial charge in [-0.3, -0.25) is 0 Å². The lowest BCUT2D eigenvalue weighted by Gasteiger charge is -2.14. The summed E-state index contributed by atoms with van der Waals surface area (Å²) in [7, 11) is 0. The highest BCUT2D eigenvalue weighted by molar-refractivity contribution is 7.10. The Hall–Kier alpha value is -1.12. The molecule has 0 aliphatic rings. The summed E-state index contributed by atoms with van der Waals surface area (Å²) in [6, 6.07) is 14.6. The second-order valence-corrected chi connectivity index (χ2v) is 4.47. The lowest BCUT2D eigenvalue weighted by molar-refractivity contribution is 0.282. The Bertz CT molecular complexity index is 380. The first-order valence-corrected chi connectivity index (χ1v) is 5.99. The van der Waals surface area contributed by atoms with Gasteiger partial charge in [-0.2, -0.15) is 0 Å². The third kappa shape index (κ3) is 2.46. The van der Waals surface area contributed by atoms with Crippen molar-refractivity contribution in [3.8, 4) is 0 Å². The van der Waals surface area contributed by atoms with Crippen LogP contribution in [0.4, 0.5) is 0 Å². The molecule has 0 aliphatic carbocycles. The van der Waals surface area contributed by atoms with Crippen molar-refractivity contribution in [3.63, 3.8) is 0 Å². The molecule has 78 valence electrons. The van der Waals surface area contributed by atoms with E-state index in [-0.39, 0.29) is 6.61 Å². The summed E-state index contributed by atoms with van der Waals surface area (Å²) in [5.74, 6) is 0.344. The summed E-state index contributed by atoms with van der Waals surface area (Å²) in [6.45, 7) is 0.234. The van der Waals surface area contributed by atoms with Crippen LogP contribution in [0.1, 0.15) is 22.8 Å². The normalized spacial score (nSPS) is 12.6. The van der Waals surface area contributed by atoms with E-state index in [1.54, 1.807) is 11.3 Å². The molecule has 2 heteroatoms. The number of thiophene rings is 1. The van der Waals surface area contributed by atoms with Crippen molar-refractivity contribution in [1.82, 2.24) is 0 Å². The summed E-state index contributed by atoms with van der Waals surface area (Å²) in [5, 5.41) is 11.2. The van der Waals surface area contributed by atoms with Crippen LogP contribution in [0.15, 0.2) is 47.8 Å². The smallest absolute Gasteiger partial charge is 0.0440 e. The molecular formula is C13H14OS. The lowest BCUT2D eigenvalue weighted by Crippen LogP contribution is -2.01. The highest BCUT2D eigenvalue weighted by Crippen LogP contribution is 2.30. The zero-order chi connectivity index (χ0) is 10.5. The number of hydrogen-bond donors (Lipinski definition) is 1. The van der Waals surface area contributed by atoms with Crippen LogP contribution in [0.5, 0.6) is 0 Å².